The second kappa shape index (κ2) is 9.07. The predicted molar refractivity (Wildman–Crippen MR) is 91.1 cm³/mol. The average molecular weight is 282 g/mol. The van der Waals surface area contributed by atoms with Crippen molar-refractivity contribution in [1.29, 1.82) is 0 Å². The second-order valence-electron chi connectivity index (χ2n) is 8.33. The van der Waals surface area contributed by atoms with Crippen molar-refractivity contribution < 1.29 is 0 Å². The van der Waals surface area contributed by atoms with Gasteiger partial charge in [0.25, 0.3) is 0 Å². The molecular weight excluding hydrogens is 242 g/mol. The highest BCUT2D eigenvalue weighted by Gasteiger charge is 2.34. The van der Waals surface area contributed by atoms with Crippen LogP contribution < -0.4 is 5.32 Å². The Hall–Kier alpha value is -0.0400. The van der Waals surface area contributed by atoms with E-state index in [-0.39, 0.29) is 0 Å². The topological polar surface area (TPSA) is 12.0 Å². The van der Waals surface area contributed by atoms with Crippen molar-refractivity contribution in [2.45, 2.75) is 86.0 Å². The molecule has 1 nitrogen and oxygen atoms in total. The lowest BCUT2D eigenvalue weighted by Crippen LogP contribution is -2.37. The van der Waals surface area contributed by atoms with Gasteiger partial charge in [-0.05, 0) is 55.5 Å². The zero-order chi connectivity index (χ0) is 15.0. The van der Waals surface area contributed by atoms with E-state index >= 15 is 0 Å². The monoisotopic (exact) mass is 281 g/mol. The first kappa shape index (κ1) is 18.0. The summed E-state index contributed by atoms with van der Waals surface area (Å²) in [6, 6.07) is 0. The molecule has 0 aromatic carbocycles. The first-order chi connectivity index (χ1) is 9.44. The number of hydrogen-bond acceptors (Lipinski definition) is 1. The van der Waals surface area contributed by atoms with Gasteiger partial charge in [0.05, 0.1) is 0 Å². The van der Waals surface area contributed by atoms with E-state index in [0.29, 0.717) is 5.41 Å². The van der Waals surface area contributed by atoms with E-state index in [1.807, 2.05) is 0 Å². The summed E-state index contributed by atoms with van der Waals surface area (Å²) in [6.45, 7) is 14.3. The van der Waals surface area contributed by atoms with Crippen LogP contribution in [0.15, 0.2) is 0 Å². The summed E-state index contributed by atoms with van der Waals surface area (Å²) in [5.74, 6) is 2.68. The van der Waals surface area contributed by atoms with Crippen molar-refractivity contribution in [3.8, 4) is 0 Å². The Morgan fingerprint density at radius 3 is 2.50 bits per heavy atom. The maximum atomic E-state index is 3.71. The van der Waals surface area contributed by atoms with Crippen molar-refractivity contribution in [2.24, 2.45) is 23.2 Å². The fourth-order valence-electron chi connectivity index (χ4n) is 3.79. The Morgan fingerprint density at radius 2 is 1.85 bits per heavy atom. The van der Waals surface area contributed by atoms with Crippen molar-refractivity contribution in [1.82, 2.24) is 5.32 Å². The van der Waals surface area contributed by atoms with Crippen molar-refractivity contribution in [2.75, 3.05) is 13.1 Å². The predicted octanol–water partition coefficient (Wildman–Crippen LogP) is 5.64. The molecule has 0 bridgehead atoms. The molecule has 1 N–H and O–H groups in total. The van der Waals surface area contributed by atoms with E-state index < -0.39 is 0 Å². The summed E-state index contributed by atoms with van der Waals surface area (Å²) < 4.78 is 0. The zero-order valence-electron chi connectivity index (χ0n) is 14.8. The molecule has 0 radical (unpaired) electrons. The van der Waals surface area contributed by atoms with Crippen LogP contribution in [0.3, 0.4) is 0 Å². The molecule has 120 valence electrons. The lowest BCUT2D eigenvalue weighted by atomic mass is 9.66. The first-order valence-electron chi connectivity index (χ1n) is 9.15. The Kier molecular flexibility index (Phi) is 8.17. The van der Waals surface area contributed by atoms with E-state index in [1.165, 1.54) is 64.5 Å². The molecule has 1 heteroatoms. The van der Waals surface area contributed by atoms with Crippen LogP contribution in [0.1, 0.15) is 86.0 Å². The summed E-state index contributed by atoms with van der Waals surface area (Å²) in [5.41, 5.74) is 0.587. The van der Waals surface area contributed by atoms with Crippen LogP contribution >= 0.6 is 0 Å². The molecular formula is C19H39N. The third-order valence-electron chi connectivity index (χ3n) is 5.06. The Labute approximate surface area is 128 Å². The molecule has 1 saturated carbocycles. The van der Waals surface area contributed by atoms with Crippen LogP contribution in [0, 0.1) is 23.2 Å². The standard InChI is InChI=1S/C19H39N/c1-6-7-8-9-10-17-13-19(4,5)12-11-18(17)15-20-14-16(2)3/h16-18,20H,6-15H2,1-5H3. The highest BCUT2D eigenvalue weighted by atomic mass is 14.9. The highest BCUT2D eigenvalue weighted by molar-refractivity contribution is 4.86. The lowest BCUT2D eigenvalue weighted by Gasteiger charge is -2.41. The summed E-state index contributed by atoms with van der Waals surface area (Å²) in [7, 11) is 0. The van der Waals surface area contributed by atoms with Crippen LogP contribution in [0.5, 0.6) is 0 Å². The maximum absolute atomic E-state index is 3.71. The molecule has 0 aromatic rings. The summed E-state index contributed by atoms with van der Waals surface area (Å²) in [6.07, 6.45) is 11.5. The van der Waals surface area contributed by atoms with Crippen molar-refractivity contribution in [3.05, 3.63) is 0 Å². The summed E-state index contributed by atoms with van der Waals surface area (Å²) >= 11 is 0. The SMILES string of the molecule is CCCCCCC1CC(C)(C)CCC1CNCC(C)C. The molecule has 0 aromatic heterocycles. The molecule has 0 heterocycles. The Balaban J connectivity index is 2.38. The highest BCUT2D eigenvalue weighted by Crippen LogP contribution is 2.43. The summed E-state index contributed by atoms with van der Waals surface area (Å²) in [5, 5.41) is 3.71. The Bertz CT molecular complexity index is 244. The second-order valence-corrected chi connectivity index (χ2v) is 8.33. The minimum Gasteiger partial charge on any atom is -0.316 e. The quantitative estimate of drug-likeness (QED) is 0.539. The normalized spacial score (nSPS) is 26.1. The van der Waals surface area contributed by atoms with Crippen LogP contribution in [0.2, 0.25) is 0 Å². The van der Waals surface area contributed by atoms with E-state index in [9.17, 15) is 0 Å². The largest absolute Gasteiger partial charge is 0.316 e. The fourth-order valence-corrected chi connectivity index (χ4v) is 3.79. The number of rotatable bonds is 9. The van der Waals surface area contributed by atoms with Crippen molar-refractivity contribution in [3.63, 3.8) is 0 Å². The maximum Gasteiger partial charge on any atom is -0.00177 e. The molecule has 1 fully saturated rings. The molecule has 2 atom stereocenters. The van der Waals surface area contributed by atoms with E-state index in [0.717, 1.165) is 17.8 Å². The van der Waals surface area contributed by atoms with Crippen LogP contribution in [0.4, 0.5) is 0 Å². The van der Waals surface area contributed by atoms with Gasteiger partial charge in [-0.1, -0.05) is 66.7 Å². The molecule has 0 saturated heterocycles. The van der Waals surface area contributed by atoms with Gasteiger partial charge >= 0.3 is 0 Å². The molecule has 1 aliphatic carbocycles. The molecule has 0 aliphatic heterocycles. The van der Waals surface area contributed by atoms with Crippen molar-refractivity contribution >= 4 is 0 Å². The first-order valence-corrected chi connectivity index (χ1v) is 9.15. The molecule has 2 unspecified atom stereocenters. The number of nitrogens with one attached hydrogen (secondary N) is 1. The van der Waals surface area contributed by atoms with Gasteiger partial charge in [0.1, 0.15) is 0 Å². The van der Waals surface area contributed by atoms with Crippen LogP contribution in [0.25, 0.3) is 0 Å². The van der Waals surface area contributed by atoms with Crippen LogP contribution in [-0.4, -0.2) is 13.1 Å². The fraction of sp³-hybridized carbons (Fsp3) is 1.00. The van der Waals surface area contributed by atoms with E-state index in [4.69, 9.17) is 0 Å². The van der Waals surface area contributed by atoms with Gasteiger partial charge in [0.15, 0.2) is 0 Å². The van der Waals surface area contributed by atoms with Gasteiger partial charge in [-0.25, -0.2) is 0 Å². The zero-order valence-corrected chi connectivity index (χ0v) is 14.8. The summed E-state index contributed by atoms with van der Waals surface area (Å²) in [4.78, 5) is 0. The lowest BCUT2D eigenvalue weighted by molar-refractivity contribution is 0.107. The molecule has 1 aliphatic rings. The molecule has 20 heavy (non-hydrogen) atoms. The Morgan fingerprint density at radius 1 is 1.10 bits per heavy atom. The molecule has 0 spiro atoms. The molecule has 1 rings (SSSR count). The van der Waals surface area contributed by atoms with E-state index in [1.54, 1.807) is 0 Å². The third-order valence-corrected chi connectivity index (χ3v) is 5.06. The average Bonchev–Trinajstić information content (AvgIpc) is 2.36. The van der Waals surface area contributed by atoms with Gasteiger partial charge in [0, 0.05) is 0 Å². The van der Waals surface area contributed by atoms with Gasteiger partial charge < -0.3 is 5.32 Å². The number of hydrogen-bond donors (Lipinski definition) is 1. The van der Waals surface area contributed by atoms with Gasteiger partial charge in [0.2, 0.25) is 0 Å². The molecule has 0 amide bonds. The number of unbranched alkanes of at least 4 members (excludes halogenated alkanes) is 3. The van der Waals surface area contributed by atoms with Crippen LogP contribution in [-0.2, 0) is 0 Å². The third kappa shape index (κ3) is 7.11. The smallest absolute Gasteiger partial charge is 0.00177 e. The minimum atomic E-state index is 0.587. The van der Waals surface area contributed by atoms with E-state index in [2.05, 4.69) is 39.9 Å². The van der Waals surface area contributed by atoms with Gasteiger partial charge in [-0.2, -0.15) is 0 Å². The van der Waals surface area contributed by atoms with Gasteiger partial charge in [-0.3, -0.25) is 0 Å². The van der Waals surface area contributed by atoms with Gasteiger partial charge in [-0.15, -0.1) is 0 Å². The minimum absolute atomic E-state index is 0.587.